The van der Waals surface area contributed by atoms with Crippen molar-refractivity contribution in [3.05, 3.63) is 58.9 Å². The summed E-state index contributed by atoms with van der Waals surface area (Å²) in [4.78, 5) is 3.64. The molecule has 0 spiro atoms. The fourth-order valence-corrected chi connectivity index (χ4v) is 3.45. The van der Waals surface area contributed by atoms with Gasteiger partial charge in [0.1, 0.15) is 23.3 Å². The van der Waals surface area contributed by atoms with Crippen molar-refractivity contribution in [1.82, 2.24) is 19.7 Å². The Morgan fingerprint density at radius 2 is 1.81 bits per heavy atom. The lowest BCUT2D eigenvalue weighted by molar-refractivity contribution is -0.127. The van der Waals surface area contributed by atoms with Gasteiger partial charge in [-0.3, -0.25) is 9.55 Å². The average Bonchev–Trinajstić information content (AvgIpc) is 2.96. The molecule has 0 radical (unpaired) electrons. The molecule has 1 aliphatic heterocycles. The Kier molecular flexibility index (Phi) is 3.97. The minimum Gasteiger partial charge on any atom is -0.280 e. The first-order valence-electron chi connectivity index (χ1n) is 8.18. The summed E-state index contributed by atoms with van der Waals surface area (Å²) >= 11 is 0. The molecule has 0 saturated carbocycles. The third-order valence-corrected chi connectivity index (χ3v) is 4.57. The van der Waals surface area contributed by atoms with Crippen molar-refractivity contribution in [3.8, 4) is 16.8 Å². The third kappa shape index (κ3) is 3.07. The number of nitrogens with zero attached hydrogens (tertiary/aromatic N) is 4. The molecule has 1 aromatic carbocycles. The number of pyridine rings is 1. The topological polar surface area (TPSA) is 43.6 Å². The van der Waals surface area contributed by atoms with Gasteiger partial charge in [-0.2, -0.15) is 13.2 Å². The number of hydrogen-bond acceptors (Lipinski definition) is 3. The summed E-state index contributed by atoms with van der Waals surface area (Å²) in [5.74, 6) is -0.562. The Labute approximate surface area is 150 Å². The lowest BCUT2D eigenvalue weighted by atomic mass is 9.94. The predicted molar refractivity (Wildman–Crippen MR) is 86.4 cm³/mol. The molecule has 0 atom stereocenters. The summed E-state index contributed by atoms with van der Waals surface area (Å²) in [7, 11) is 0. The first-order valence-corrected chi connectivity index (χ1v) is 8.18. The molecular formula is C18H13F5N4. The molecule has 2 aromatic heterocycles. The maximum Gasteiger partial charge on any atom is 0.393 e. The summed E-state index contributed by atoms with van der Waals surface area (Å²) in [5, 5.41) is 7.95. The molecule has 0 unspecified atom stereocenters. The van der Waals surface area contributed by atoms with Gasteiger partial charge in [0.05, 0.1) is 18.3 Å². The van der Waals surface area contributed by atoms with E-state index in [0.29, 0.717) is 30.1 Å². The molecule has 0 N–H and O–H groups in total. The van der Waals surface area contributed by atoms with E-state index in [2.05, 4.69) is 15.2 Å². The first kappa shape index (κ1) is 17.6. The van der Waals surface area contributed by atoms with Gasteiger partial charge < -0.3 is 0 Å². The second-order valence-electron chi connectivity index (χ2n) is 6.40. The number of halogens is 5. The fraction of sp³-hybridized carbons (Fsp3) is 0.278. The van der Waals surface area contributed by atoms with Crippen LogP contribution in [0.15, 0.2) is 24.5 Å². The lowest BCUT2D eigenvalue weighted by Crippen LogP contribution is -2.16. The van der Waals surface area contributed by atoms with Crippen molar-refractivity contribution >= 4 is 0 Å². The second-order valence-corrected chi connectivity index (χ2v) is 6.40. The Morgan fingerprint density at radius 3 is 2.56 bits per heavy atom. The average molecular weight is 380 g/mol. The van der Waals surface area contributed by atoms with Crippen molar-refractivity contribution < 1.29 is 22.0 Å². The quantitative estimate of drug-likeness (QED) is 0.629. The molecule has 4 nitrogen and oxygen atoms in total. The summed E-state index contributed by atoms with van der Waals surface area (Å²) in [5.41, 5.74) is 0.424. The molecule has 0 aliphatic carbocycles. The number of alkyl halides is 3. The lowest BCUT2D eigenvalue weighted by Gasteiger charge is -2.21. The van der Waals surface area contributed by atoms with Gasteiger partial charge in [-0.05, 0) is 36.6 Å². The summed E-state index contributed by atoms with van der Waals surface area (Å²) in [6.07, 6.45) is -3.22. The number of fused-ring (bicyclic) bond motifs is 3. The van der Waals surface area contributed by atoms with Crippen molar-refractivity contribution in [2.75, 3.05) is 0 Å². The maximum atomic E-state index is 14.9. The fourth-order valence-electron chi connectivity index (χ4n) is 3.45. The second kappa shape index (κ2) is 6.11. The van der Waals surface area contributed by atoms with E-state index in [-0.39, 0.29) is 16.8 Å². The van der Waals surface area contributed by atoms with Crippen LogP contribution in [0.5, 0.6) is 0 Å². The molecule has 140 valence electrons. The smallest absolute Gasteiger partial charge is 0.280 e. The van der Waals surface area contributed by atoms with E-state index in [0.717, 1.165) is 18.5 Å². The minimum absolute atomic E-state index is 0.0692. The van der Waals surface area contributed by atoms with Crippen molar-refractivity contribution in [3.63, 3.8) is 0 Å². The molecule has 4 rings (SSSR count). The van der Waals surface area contributed by atoms with E-state index in [1.54, 1.807) is 17.6 Å². The van der Waals surface area contributed by atoms with Crippen LogP contribution in [0.2, 0.25) is 0 Å². The van der Waals surface area contributed by atoms with Crippen LogP contribution in [-0.4, -0.2) is 25.9 Å². The van der Waals surface area contributed by atoms with Gasteiger partial charge in [0, 0.05) is 23.7 Å². The Morgan fingerprint density at radius 1 is 1.04 bits per heavy atom. The van der Waals surface area contributed by atoms with E-state index in [9.17, 15) is 22.0 Å². The van der Waals surface area contributed by atoms with Crippen molar-refractivity contribution in [2.24, 2.45) is 0 Å². The summed E-state index contributed by atoms with van der Waals surface area (Å²) in [6, 6.07) is 2.68. The van der Waals surface area contributed by atoms with Crippen LogP contribution in [0.4, 0.5) is 22.0 Å². The van der Waals surface area contributed by atoms with Crippen LogP contribution in [0, 0.1) is 18.6 Å². The zero-order valence-corrected chi connectivity index (χ0v) is 14.1. The highest BCUT2D eigenvalue weighted by molar-refractivity contribution is 5.70. The summed E-state index contributed by atoms with van der Waals surface area (Å²) < 4.78 is 69.1. The monoisotopic (exact) mass is 380 g/mol. The molecule has 9 heteroatoms. The zero-order valence-electron chi connectivity index (χ0n) is 14.1. The number of hydrogen-bond donors (Lipinski definition) is 0. The van der Waals surface area contributed by atoms with Gasteiger partial charge in [-0.15, -0.1) is 10.2 Å². The van der Waals surface area contributed by atoms with Crippen LogP contribution < -0.4 is 0 Å². The van der Waals surface area contributed by atoms with Crippen LogP contribution in [0.3, 0.4) is 0 Å². The molecule has 3 heterocycles. The van der Waals surface area contributed by atoms with E-state index in [1.807, 2.05) is 0 Å². The van der Waals surface area contributed by atoms with Gasteiger partial charge in [0.25, 0.3) is 0 Å². The van der Waals surface area contributed by atoms with Crippen LogP contribution in [-0.2, 0) is 19.3 Å². The van der Waals surface area contributed by atoms with Crippen molar-refractivity contribution in [2.45, 2.75) is 32.4 Å². The highest BCUT2D eigenvalue weighted by Gasteiger charge is 2.32. The van der Waals surface area contributed by atoms with E-state index in [1.165, 1.54) is 0 Å². The molecule has 1 aliphatic rings. The SMILES string of the molecule is Cc1nnc2n1-c1c(F)cc(-c3cncc(F)c3CC(F)(F)F)cc1CC2. The maximum absolute atomic E-state index is 14.9. The molecule has 0 bridgehead atoms. The Balaban J connectivity index is 1.88. The molecule has 27 heavy (non-hydrogen) atoms. The number of benzene rings is 1. The highest BCUT2D eigenvalue weighted by atomic mass is 19.4. The van der Waals surface area contributed by atoms with Crippen molar-refractivity contribution in [1.29, 1.82) is 0 Å². The number of aromatic nitrogens is 4. The van der Waals surface area contributed by atoms with Crippen LogP contribution in [0.25, 0.3) is 16.8 Å². The van der Waals surface area contributed by atoms with Gasteiger partial charge in [-0.25, -0.2) is 8.78 Å². The van der Waals surface area contributed by atoms with E-state index < -0.39 is 29.8 Å². The van der Waals surface area contributed by atoms with Gasteiger partial charge >= 0.3 is 6.18 Å². The molecular weight excluding hydrogens is 367 g/mol. The van der Waals surface area contributed by atoms with Crippen LogP contribution in [0.1, 0.15) is 22.8 Å². The standard InChI is InChI=1S/C18H13F5N4/c1-9-25-26-16-3-2-10-4-11(5-14(19)17(10)27(9)16)13-7-24-8-15(20)12(13)6-18(21,22)23/h4-5,7-8H,2-3,6H2,1H3. The predicted octanol–water partition coefficient (Wildman–Crippen LogP) is 4.12. The third-order valence-electron chi connectivity index (χ3n) is 4.57. The minimum atomic E-state index is -4.60. The number of rotatable bonds is 2. The van der Waals surface area contributed by atoms with Gasteiger partial charge in [0.15, 0.2) is 0 Å². The normalized spacial score (nSPS) is 13.4. The Hall–Kier alpha value is -2.84. The molecule has 0 amide bonds. The van der Waals surface area contributed by atoms with E-state index >= 15 is 0 Å². The molecule has 0 fully saturated rings. The number of aryl methyl sites for hydroxylation is 3. The van der Waals surface area contributed by atoms with Crippen LogP contribution >= 0.6 is 0 Å². The molecule has 0 saturated heterocycles. The van der Waals surface area contributed by atoms with Gasteiger partial charge in [0.2, 0.25) is 0 Å². The Bertz CT molecular complexity index is 1040. The largest absolute Gasteiger partial charge is 0.393 e. The van der Waals surface area contributed by atoms with Gasteiger partial charge in [-0.1, -0.05) is 0 Å². The summed E-state index contributed by atoms with van der Waals surface area (Å²) in [6.45, 7) is 1.69. The molecule has 3 aromatic rings. The highest BCUT2D eigenvalue weighted by Crippen LogP contribution is 2.35. The zero-order chi connectivity index (χ0) is 19.3. The van der Waals surface area contributed by atoms with E-state index in [4.69, 9.17) is 0 Å². The first-order chi connectivity index (χ1) is 12.7.